The van der Waals surface area contributed by atoms with Gasteiger partial charge in [0.25, 0.3) is 0 Å². The lowest BCUT2D eigenvalue weighted by Gasteiger charge is -2.36. The Kier molecular flexibility index (Phi) is 6.10. The number of thioether (sulfide) groups is 2. The second-order valence-corrected chi connectivity index (χ2v) is 7.61. The summed E-state index contributed by atoms with van der Waals surface area (Å²) in [6.45, 7) is 5.56. The molecule has 0 aromatic carbocycles. The van der Waals surface area contributed by atoms with E-state index < -0.39 is 0 Å². The fraction of sp³-hybridized carbons (Fsp3) is 0.786. The van der Waals surface area contributed by atoms with E-state index in [1.807, 2.05) is 12.4 Å². The van der Waals surface area contributed by atoms with Gasteiger partial charge >= 0.3 is 0 Å². The van der Waals surface area contributed by atoms with Crippen molar-refractivity contribution in [3.05, 3.63) is 18.2 Å². The Morgan fingerprint density at radius 2 is 2.21 bits per heavy atom. The quantitative estimate of drug-likeness (QED) is 0.874. The topological polar surface area (TPSA) is 29.9 Å². The predicted molar refractivity (Wildman–Crippen MR) is 87.2 cm³/mol. The van der Waals surface area contributed by atoms with E-state index in [1.54, 1.807) is 0 Å². The van der Waals surface area contributed by atoms with Crippen molar-refractivity contribution < 1.29 is 0 Å². The zero-order valence-corrected chi connectivity index (χ0v) is 13.8. The third-order valence-corrected chi connectivity index (χ3v) is 7.09. The summed E-state index contributed by atoms with van der Waals surface area (Å²) in [5.41, 5.74) is 0. The number of imidazole rings is 1. The van der Waals surface area contributed by atoms with E-state index in [9.17, 15) is 0 Å². The molecule has 0 spiro atoms. The Hall–Kier alpha value is -0.130. The maximum absolute atomic E-state index is 4.49. The fourth-order valence-corrected chi connectivity index (χ4v) is 5.93. The van der Waals surface area contributed by atoms with Gasteiger partial charge in [-0.05, 0) is 13.0 Å². The Balaban J connectivity index is 2.07. The summed E-state index contributed by atoms with van der Waals surface area (Å²) in [4.78, 5) is 4.49. The molecule has 1 aromatic heterocycles. The molecule has 108 valence electrons. The van der Waals surface area contributed by atoms with Gasteiger partial charge < -0.3 is 9.88 Å². The van der Waals surface area contributed by atoms with E-state index >= 15 is 0 Å². The third kappa shape index (κ3) is 3.92. The molecule has 0 aliphatic carbocycles. The number of nitrogens with one attached hydrogen (secondary N) is 1. The van der Waals surface area contributed by atoms with Crippen LogP contribution in [0.4, 0.5) is 0 Å². The highest BCUT2D eigenvalue weighted by Gasteiger charge is 2.32. The molecule has 2 rings (SSSR count). The summed E-state index contributed by atoms with van der Waals surface area (Å²) >= 11 is 4.31. The van der Waals surface area contributed by atoms with E-state index in [0.29, 0.717) is 11.3 Å². The molecule has 1 aliphatic rings. The van der Waals surface area contributed by atoms with Gasteiger partial charge in [-0.1, -0.05) is 13.8 Å². The van der Waals surface area contributed by atoms with Crippen LogP contribution in [0.2, 0.25) is 0 Å². The molecule has 0 radical (unpaired) electrons. The van der Waals surface area contributed by atoms with Crippen molar-refractivity contribution >= 4 is 23.5 Å². The van der Waals surface area contributed by atoms with Crippen LogP contribution < -0.4 is 5.32 Å². The molecule has 1 fully saturated rings. The first-order valence-electron chi connectivity index (χ1n) is 7.19. The van der Waals surface area contributed by atoms with E-state index in [0.717, 1.165) is 18.2 Å². The van der Waals surface area contributed by atoms with Crippen LogP contribution >= 0.6 is 23.5 Å². The standard InChI is InChI=1S/C14H25N3S2/c1-4-12-14(19-9-8-18-12)11(15-5-2)10-13-16-6-7-17(13)3/h6-7,11-12,14-15H,4-5,8-10H2,1-3H3. The summed E-state index contributed by atoms with van der Waals surface area (Å²) in [6.07, 6.45) is 6.24. The number of aryl methyl sites for hydroxylation is 1. The minimum absolute atomic E-state index is 0.536. The number of hydrogen-bond donors (Lipinski definition) is 1. The van der Waals surface area contributed by atoms with Gasteiger partial charge in [-0.25, -0.2) is 4.98 Å². The van der Waals surface area contributed by atoms with Gasteiger partial charge in [0.2, 0.25) is 0 Å². The fourth-order valence-electron chi connectivity index (χ4n) is 2.67. The minimum Gasteiger partial charge on any atom is -0.338 e. The minimum atomic E-state index is 0.536. The SMILES string of the molecule is CCNC(Cc1nccn1C)C1SCCSC1CC. The highest BCUT2D eigenvalue weighted by Crippen LogP contribution is 2.35. The van der Waals surface area contributed by atoms with Crippen molar-refractivity contribution in [2.24, 2.45) is 7.05 Å². The van der Waals surface area contributed by atoms with Gasteiger partial charge in [-0.15, -0.1) is 0 Å². The highest BCUT2D eigenvalue weighted by molar-refractivity contribution is 8.07. The summed E-state index contributed by atoms with van der Waals surface area (Å²) in [6, 6.07) is 0.536. The van der Waals surface area contributed by atoms with Crippen molar-refractivity contribution in [1.29, 1.82) is 0 Å². The Morgan fingerprint density at radius 3 is 2.84 bits per heavy atom. The zero-order valence-electron chi connectivity index (χ0n) is 12.1. The Morgan fingerprint density at radius 1 is 1.42 bits per heavy atom. The smallest absolute Gasteiger partial charge is 0.109 e. The number of nitrogens with zero attached hydrogens (tertiary/aromatic N) is 2. The molecule has 5 heteroatoms. The number of rotatable bonds is 6. The summed E-state index contributed by atoms with van der Waals surface area (Å²) in [7, 11) is 2.09. The lowest BCUT2D eigenvalue weighted by atomic mass is 10.0. The molecule has 19 heavy (non-hydrogen) atoms. The van der Waals surface area contributed by atoms with Crippen molar-refractivity contribution in [2.45, 2.75) is 43.2 Å². The average molecular weight is 300 g/mol. The molecule has 0 amide bonds. The Labute approximate surface area is 125 Å². The first-order chi connectivity index (χ1) is 9.26. The van der Waals surface area contributed by atoms with Crippen LogP contribution in [0.15, 0.2) is 12.4 Å². The summed E-state index contributed by atoms with van der Waals surface area (Å²) in [5, 5.41) is 5.18. The van der Waals surface area contributed by atoms with Crippen LogP contribution in [0.3, 0.4) is 0 Å². The second-order valence-electron chi connectivity index (χ2n) is 4.98. The molecular formula is C14H25N3S2. The molecule has 3 atom stereocenters. The number of aromatic nitrogens is 2. The molecular weight excluding hydrogens is 274 g/mol. The van der Waals surface area contributed by atoms with Gasteiger partial charge in [0.05, 0.1) is 0 Å². The van der Waals surface area contributed by atoms with Crippen molar-refractivity contribution in [3.8, 4) is 0 Å². The van der Waals surface area contributed by atoms with E-state index in [4.69, 9.17) is 0 Å². The first kappa shape index (κ1) is 15.3. The third-order valence-electron chi connectivity index (χ3n) is 3.68. The summed E-state index contributed by atoms with van der Waals surface area (Å²) < 4.78 is 2.14. The van der Waals surface area contributed by atoms with Crippen LogP contribution in [-0.2, 0) is 13.5 Å². The van der Waals surface area contributed by atoms with Crippen molar-refractivity contribution in [2.75, 3.05) is 18.1 Å². The summed E-state index contributed by atoms with van der Waals surface area (Å²) in [5.74, 6) is 3.78. The molecule has 3 unspecified atom stereocenters. The lowest BCUT2D eigenvalue weighted by Crippen LogP contribution is -2.46. The first-order valence-corrected chi connectivity index (χ1v) is 9.28. The van der Waals surface area contributed by atoms with E-state index in [-0.39, 0.29) is 0 Å². The van der Waals surface area contributed by atoms with Gasteiger partial charge in [-0.2, -0.15) is 23.5 Å². The highest BCUT2D eigenvalue weighted by atomic mass is 32.2. The van der Waals surface area contributed by atoms with Gasteiger partial charge in [0, 0.05) is 53.9 Å². The predicted octanol–water partition coefficient (Wildman–Crippen LogP) is 2.57. The van der Waals surface area contributed by atoms with Crippen LogP contribution in [0.5, 0.6) is 0 Å². The zero-order chi connectivity index (χ0) is 13.7. The van der Waals surface area contributed by atoms with E-state index in [1.165, 1.54) is 23.8 Å². The maximum atomic E-state index is 4.49. The molecule has 2 heterocycles. The van der Waals surface area contributed by atoms with Crippen LogP contribution in [-0.4, -0.2) is 44.1 Å². The molecule has 1 saturated heterocycles. The number of hydrogen-bond acceptors (Lipinski definition) is 4. The van der Waals surface area contributed by atoms with Crippen molar-refractivity contribution in [1.82, 2.24) is 14.9 Å². The van der Waals surface area contributed by atoms with Crippen LogP contribution in [0, 0.1) is 0 Å². The van der Waals surface area contributed by atoms with Gasteiger partial charge in [-0.3, -0.25) is 0 Å². The monoisotopic (exact) mass is 299 g/mol. The molecule has 0 bridgehead atoms. The van der Waals surface area contributed by atoms with Gasteiger partial charge in [0.1, 0.15) is 5.82 Å². The van der Waals surface area contributed by atoms with Crippen molar-refractivity contribution in [3.63, 3.8) is 0 Å². The van der Waals surface area contributed by atoms with E-state index in [2.05, 4.69) is 59.3 Å². The Bertz CT molecular complexity index is 381. The maximum Gasteiger partial charge on any atom is 0.109 e. The molecule has 1 aliphatic heterocycles. The average Bonchev–Trinajstić information content (AvgIpc) is 2.84. The molecule has 0 saturated carbocycles. The van der Waals surface area contributed by atoms with Gasteiger partial charge in [0.15, 0.2) is 0 Å². The molecule has 1 N–H and O–H groups in total. The second kappa shape index (κ2) is 7.60. The van der Waals surface area contributed by atoms with Crippen LogP contribution in [0.25, 0.3) is 0 Å². The lowest BCUT2D eigenvalue weighted by molar-refractivity contribution is 0.476. The largest absolute Gasteiger partial charge is 0.338 e. The molecule has 1 aromatic rings. The normalized spacial score (nSPS) is 25.4. The molecule has 3 nitrogen and oxygen atoms in total. The van der Waals surface area contributed by atoms with Crippen LogP contribution in [0.1, 0.15) is 26.1 Å². The number of likely N-dealkylation sites (N-methyl/N-ethyl adjacent to an activating group) is 1.